The van der Waals surface area contributed by atoms with Gasteiger partial charge >= 0.3 is 0 Å². The minimum Gasteiger partial charge on any atom is -0.381 e. The number of rotatable bonds is 3. The molecule has 1 N–H and O–H groups in total. The van der Waals surface area contributed by atoms with Crippen LogP contribution in [0.2, 0.25) is 10.0 Å². The molecule has 0 heterocycles. The zero-order valence-corrected chi connectivity index (χ0v) is 13.8. The Labute approximate surface area is 137 Å². The van der Waals surface area contributed by atoms with Crippen molar-refractivity contribution >= 4 is 44.8 Å². The summed E-state index contributed by atoms with van der Waals surface area (Å²) in [5.41, 5.74) is 2.38. The first-order valence-corrected chi connectivity index (χ1v) is 8.14. The predicted octanol–water partition coefficient (Wildman–Crippen LogP) is 6.11. The predicted molar refractivity (Wildman–Crippen MR) is 90.0 cm³/mol. The molecule has 1 aliphatic carbocycles. The molecule has 0 spiro atoms. The summed E-state index contributed by atoms with van der Waals surface area (Å²) in [4.78, 5) is 0. The third kappa shape index (κ3) is 3.13. The molecule has 0 unspecified atom stereocenters. The highest BCUT2D eigenvalue weighted by Gasteiger charge is 2.30. The highest BCUT2D eigenvalue weighted by Crippen LogP contribution is 2.39. The number of benzene rings is 2. The van der Waals surface area contributed by atoms with Crippen molar-refractivity contribution in [3.8, 4) is 0 Å². The van der Waals surface area contributed by atoms with Crippen molar-refractivity contribution in [3.05, 3.63) is 62.5 Å². The Morgan fingerprint density at radius 2 is 1.70 bits per heavy atom. The molecule has 0 aliphatic heterocycles. The van der Waals surface area contributed by atoms with Crippen molar-refractivity contribution < 1.29 is 0 Å². The van der Waals surface area contributed by atoms with Crippen molar-refractivity contribution in [2.75, 3.05) is 5.32 Å². The van der Waals surface area contributed by atoms with Crippen molar-refractivity contribution in [3.63, 3.8) is 0 Å². The van der Waals surface area contributed by atoms with E-state index < -0.39 is 0 Å². The Hall–Kier alpha value is -0.700. The van der Waals surface area contributed by atoms with E-state index in [0.29, 0.717) is 12.0 Å². The van der Waals surface area contributed by atoms with Crippen LogP contribution in [0.15, 0.2) is 46.9 Å². The summed E-state index contributed by atoms with van der Waals surface area (Å²) in [7, 11) is 0. The third-order valence-corrected chi connectivity index (χ3v) is 4.83. The smallest absolute Gasteiger partial charge is 0.0648 e. The molecule has 2 aromatic rings. The second kappa shape index (κ2) is 5.97. The lowest BCUT2D eigenvalue weighted by Crippen LogP contribution is -2.34. The molecule has 0 saturated heterocycles. The Morgan fingerprint density at radius 1 is 1.00 bits per heavy atom. The standard InChI is InChI=1S/C16H14BrCl2N/c17-12-3-6-16(15(19)9-12)20-14-7-11(8-14)10-1-4-13(18)5-2-10/h1-6,9,11,14,20H,7-8H2. The van der Waals surface area contributed by atoms with Gasteiger partial charge in [-0.25, -0.2) is 0 Å². The van der Waals surface area contributed by atoms with Gasteiger partial charge in [0.25, 0.3) is 0 Å². The lowest BCUT2D eigenvalue weighted by Gasteiger charge is -2.37. The van der Waals surface area contributed by atoms with E-state index >= 15 is 0 Å². The molecule has 0 atom stereocenters. The van der Waals surface area contributed by atoms with E-state index in [2.05, 4.69) is 33.4 Å². The summed E-state index contributed by atoms with van der Waals surface area (Å²) in [6.45, 7) is 0. The number of anilines is 1. The minimum absolute atomic E-state index is 0.495. The van der Waals surface area contributed by atoms with Gasteiger partial charge < -0.3 is 5.32 Å². The molecule has 2 aromatic carbocycles. The second-order valence-corrected chi connectivity index (χ2v) is 6.94. The van der Waals surface area contributed by atoms with Gasteiger partial charge in [0.15, 0.2) is 0 Å². The Morgan fingerprint density at radius 3 is 2.35 bits per heavy atom. The van der Waals surface area contributed by atoms with Crippen molar-refractivity contribution in [1.82, 2.24) is 0 Å². The first kappa shape index (κ1) is 14.2. The average molecular weight is 371 g/mol. The lowest BCUT2D eigenvalue weighted by atomic mass is 9.76. The fourth-order valence-corrected chi connectivity index (χ4v) is 3.42. The van der Waals surface area contributed by atoms with Gasteiger partial charge in [-0.1, -0.05) is 51.3 Å². The number of nitrogens with one attached hydrogen (secondary N) is 1. The van der Waals surface area contributed by atoms with Crippen LogP contribution in [0.25, 0.3) is 0 Å². The zero-order chi connectivity index (χ0) is 14.1. The molecule has 3 rings (SSSR count). The molecule has 1 saturated carbocycles. The van der Waals surface area contributed by atoms with Crippen LogP contribution >= 0.6 is 39.1 Å². The molecular weight excluding hydrogens is 357 g/mol. The Kier molecular flexibility index (Phi) is 4.25. The van der Waals surface area contributed by atoms with E-state index in [0.717, 1.165) is 33.0 Å². The summed E-state index contributed by atoms with van der Waals surface area (Å²) >= 11 is 15.5. The van der Waals surface area contributed by atoms with Gasteiger partial charge in [-0.2, -0.15) is 0 Å². The van der Waals surface area contributed by atoms with E-state index in [-0.39, 0.29) is 0 Å². The maximum absolute atomic E-state index is 6.22. The summed E-state index contributed by atoms with van der Waals surface area (Å²) in [5, 5.41) is 5.06. The topological polar surface area (TPSA) is 12.0 Å². The molecule has 0 amide bonds. The van der Waals surface area contributed by atoms with Gasteiger partial charge in [-0.05, 0) is 54.7 Å². The van der Waals surface area contributed by atoms with Crippen LogP contribution in [-0.2, 0) is 0 Å². The third-order valence-electron chi connectivity index (χ3n) is 3.77. The molecule has 1 aliphatic rings. The first-order chi connectivity index (χ1) is 9.61. The molecular formula is C16H14BrCl2N. The van der Waals surface area contributed by atoms with Crippen LogP contribution in [0.4, 0.5) is 5.69 Å². The molecule has 0 bridgehead atoms. The first-order valence-electron chi connectivity index (χ1n) is 6.59. The van der Waals surface area contributed by atoms with Gasteiger partial charge in [0.1, 0.15) is 0 Å². The second-order valence-electron chi connectivity index (χ2n) is 5.19. The maximum Gasteiger partial charge on any atom is 0.0648 e. The summed E-state index contributed by atoms with van der Waals surface area (Å²) in [5.74, 6) is 0.624. The van der Waals surface area contributed by atoms with Gasteiger partial charge in [0.05, 0.1) is 10.7 Å². The van der Waals surface area contributed by atoms with Crippen LogP contribution in [0.3, 0.4) is 0 Å². The molecule has 0 radical (unpaired) electrons. The average Bonchev–Trinajstić information content (AvgIpc) is 2.37. The van der Waals surface area contributed by atoms with Crippen LogP contribution in [0.1, 0.15) is 24.3 Å². The molecule has 1 fully saturated rings. The van der Waals surface area contributed by atoms with Crippen LogP contribution < -0.4 is 5.32 Å². The lowest BCUT2D eigenvalue weighted by molar-refractivity contribution is 0.374. The van der Waals surface area contributed by atoms with E-state index in [1.807, 2.05) is 30.3 Å². The van der Waals surface area contributed by atoms with Crippen molar-refractivity contribution in [2.45, 2.75) is 24.8 Å². The molecule has 20 heavy (non-hydrogen) atoms. The van der Waals surface area contributed by atoms with E-state index in [9.17, 15) is 0 Å². The quantitative estimate of drug-likeness (QED) is 0.686. The van der Waals surface area contributed by atoms with Crippen LogP contribution in [0.5, 0.6) is 0 Å². The Bertz CT molecular complexity index is 606. The molecule has 1 nitrogen and oxygen atoms in total. The zero-order valence-electron chi connectivity index (χ0n) is 10.7. The van der Waals surface area contributed by atoms with Crippen LogP contribution in [-0.4, -0.2) is 6.04 Å². The minimum atomic E-state index is 0.495. The highest BCUT2D eigenvalue weighted by molar-refractivity contribution is 9.10. The van der Waals surface area contributed by atoms with Gasteiger partial charge in [-0.15, -0.1) is 0 Å². The van der Waals surface area contributed by atoms with Gasteiger partial charge in [0.2, 0.25) is 0 Å². The summed E-state index contributed by atoms with van der Waals surface area (Å²) in [6.07, 6.45) is 2.27. The molecule has 4 heteroatoms. The number of halogens is 3. The highest BCUT2D eigenvalue weighted by atomic mass is 79.9. The summed E-state index contributed by atoms with van der Waals surface area (Å²) in [6, 6.07) is 14.6. The molecule has 0 aromatic heterocycles. The van der Waals surface area contributed by atoms with Crippen molar-refractivity contribution in [1.29, 1.82) is 0 Å². The van der Waals surface area contributed by atoms with Crippen molar-refractivity contribution in [2.24, 2.45) is 0 Å². The van der Waals surface area contributed by atoms with E-state index in [1.54, 1.807) is 0 Å². The van der Waals surface area contributed by atoms with E-state index in [1.165, 1.54) is 5.56 Å². The van der Waals surface area contributed by atoms with Crippen LogP contribution in [0, 0.1) is 0 Å². The number of hydrogen-bond acceptors (Lipinski definition) is 1. The monoisotopic (exact) mass is 369 g/mol. The van der Waals surface area contributed by atoms with Gasteiger partial charge in [0, 0.05) is 15.5 Å². The normalized spacial score (nSPS) is 21.4. The Balaban J connectivity index is 1.59. The number of hydrogen-bond donors (Lipinski definition) is 1. The SMILES string of the molecule is Clc1ccc(C2CC(Nc3ccc(Br)cc3Cl)C2)cc1. The van der Waals surface area contributed by atoms with Gasteiger partial charge in [-0.3, -0.25) is 0 Å². The van der Waals surface area contributed by atoms with E-state index in [4.69, 9.17) is 23.2 Å². The fourth-order valence-electron chi connectivity index (χ4n) is 2.57. The largest absolute Gasteiger partial charge is 0.381 e. The summed E-state index contributed by atoms with van der Waals surface area (Å²) < 4.78 is 1.00. The maximum atomic E-state index is 6.22. The fraction of sp³-hybridized carbons (Fsp3) is 0.250. The molecule has 104 valence electrons.